The lowest BCUT2D eigenvalue weighted by Crippen LogP contribution is -1.85. The highest BCUT2D eigenvalue weighted by molar-refractivity contribution is 5.78. The van der Waals surface area contributed by atoms with Crippen LogP contribution in [-0.4, -0.2) is 4.98 Å². The average molecular weight is 181 g/mol. The normalized spacial score (nSPS) is 12.4. The molecule has 0 spiro atoms. The second-order valence-corrected chi connectivity index (χ2v) is 3.82. The zero-order valence-corrected chi connectivity index (χ0v) is 8.12. The fourth-order valence-corrected chi connectivity index (χ4v) is 2.26. The number of aromatic nitrogens is 1. The van der Waals surface area contributed by atoms with E-state index in [-0.39, 0.29) is 0 Å². The first-order valence-electron chi connectivity index (χ1n) is 4.88. The standard InChI is InChI=1S/C13H11N/c1-9-7-14-8-11-6-10-4-2-3-5-12(10)13(9)11/h2-5,7-8H,6H2,1H3. The number of pyridine rings is 1. The molecule has 1 aliphatic rings. The van der Waals surface area contributed by atoms with Crippen LogP contribution >= 0.6 is 0 Å². The minimum absolute atomic E-state index is 1.04. The number of rotatable bonds is 0. The van der Waals surface area contributed by atoms with Crippen LogP contribution in [0.2, 0.25) is 0 Å². The van der Waals surface area contributed by atoms with E-state index in [1.54, 1.807) is 0 Å². The molecule has 1 aliphatic carbocycles. The lowest BCUT2D eigenvalue weighted by atomic mass is 10.0. The summed E-state index contributed by atoms with van der Waals surface area (Å²) in [6.45, 7) is 2.13. The van der Waals surface area contributed by atoms with Crippen LogP contribution in [-0.2, 0) is 6.42 Å². The highest BCUT2D eigenvalue weighted by atomic mass is 14.6. The molecule has 0 saturated carbocycles. The Hall–Kier alpha value is -1.63. The van der Waals surface area contributed by atoms with Crippen molar-refractivity contribution in [2.24, 2.45) is 0 Å². The smallest absolute Gasteiger partial charge is 0.0309 e. The van der Waals surface area contributed by atoms with Gasteiger partial charge < -0.3 is 0 Å². The third-order valence-electron chi connectivity index (χ3n) is 2.88. The van der Waals surface area contributed by atoms with Crippen molar-refractivity contribution in [2.75, 3.05) is 0 Å². The summed E-state index contributed by atoms with van der Waals surface area (Å²) in [6.07, 6.45) is 4.98. The summed E-state index contributed by atoms with van der Waals surface area (Å²) < 4.78 is 0. The summed E-state index contributed by atoms with van der Waals surface area (Å²) in [6, 6.07) is 8.62. The third-order valence-corrected chi connectivity index (χ3v) is 2.88. The van der Waals surface area contributed by atoms with Gasteiger partial charge in [0.05, 0.1) is 0 Å². The lowest BCUT2D eigenvalue weighted by molar-refractivity contribution is 1.18. The van der Waals surface area contributed by atoms with Gasteiger partial charge in [-0.2, -0.15) is 0 Å². The van der Waals surface area contributed by atoms with Crippen LogP contribution < -0.4 is 0 Å². The lowest BCUT2D eigenvalue weighted by Gasteiger charge is -2.03. The number of benzene rings is 1. The third kappa shape index (κ3) is 0.925. The van der Waals surface area contributed by atoms with E-state index in [9.17, 15) is 0 Å². The van der Waals surface area contributed by atoms with Crippen molar-refractivity contribution in [1.29, 1.82) is 0 Å². The van der Waals surface area contributed by atoms with E-state index >= 15 is 0 Å². The Bertz CT molecular complexity index is 500. The Morgan fingerprint density at radius 3 is 2.86 bits per heavy atom. The molecule has 0 bridgehead atoms. The predicted octanol–water partition coefficient (Wildman–Crippen LogP) is 2.96. The zero-order chi connectivity index (χ0) is 9.54. The second-order valence-electron chi connectivity index (χ2n) is 3.82. The molecule has 0 aliphatic heterocycles. The fourth-order valence-electron chi connectivity index (χ4n) is 2.26. The number of hydrogen-bond donors (Lipinski definition) is 0. The van der Waals surface area contributed by atoms with Crippen LogP contribution in [0, 0.1) is 6.92 Å². The van der Waals surface area contributed by atoms with E-state index in [1.807, 2.05) is 12.4 Å². The molecule has 1 heteroatoms. The quantitative estimate of drug-likeness (QED) is 0.519. The van der Waals surface area contributed by atoms with Gasteiger partial charge in [-0.1, -0.05) is 24.3 Å². The molecule has 0 N–H and O–H groups in total. The maximum Gasteiger partial charge on any atom is 0.0309 e. The molecule has 1 heterocycles. The number of hydrogen-bond acceptors (Lipinski definition) is 1. The van der Waals surface area contributed by atoms with E-state index in [1.165, 1.54) is 27.8 Å². The Labute approximate surface area is 83.4 Å². The molecule has 0 saturated heterocycles. The summed E-state index contributed by atoms with van der Waals surface area (Å²) in [5, 5.41) is 0. The van der Waals surface area contributed by atoms with Crippen molar-refractivity contribution in [3.05, 3.63) is 53.3 Å². The summed E-state index contributed by atoms with van der Waals surface area (Å²) in [7, 11) is 0. The van der Waals surface area contributed by atoms with Gasteiger partial charge in [0.1, 0.15) is 0 Å². The molecule has 1 nitrogen and oxygen atoms in total. The summed E-state index contributed by atoms with van der Waals surface area (Å²) in [5.74, 6) is 0. The first-order valence-corrected chi connectivity index (χ1v) is 4.88. The molecule has 2 aromatic rings. The SMILES string of the molecule is Cc1cncc2c1-c1ccccc1C2. The van der Waals surface area contributed by atoms with Gasteiger partial charge in [0, 0.05) is 18.8 Å². The van der Waals surface area contributed by atoms with Crippen molar-refractivity contribution < 1.29 is 0 Å². The molecule has 14 heavy (non-hydrogen) atoms. The van der Waals surface area contributed by atoms with E-state index in [0.29, 0.717) is 0 Å². The number of aryl methyl sites for hydroxylation is 1. The highest BCUT2D eigenvalue weighted by Crippen LogP contribution is 2.37. The molecular weight excluding hydrogens is 170 g/mol. The topological polar surface area (TPSA) is 12.9 Å². The first-order chi connectivity index (χ1) is 6.86. The molecule has 3 rings (SSSR count). The molecule has 0 radical (unpaired) electrons. The van der Waals surface area contributed by atoms with Crippen LogP contribution in [0.1, 0.15) is 16.7 Å². The molecule has 0 unspecified atom stereocenters. The molecular formula is C13H11N. The van der Waals surface area contributed by atoms with Crippen LogP contribution in [0.25, 0.3) is 11.1 Å². The largest absolute Gasteiger partial charge is 0.264 e. The molecule has 0 fully saturated rings. The van der Waals surface area contributed by atoms with Crippen molar-refractivity contribution in [3.63, 3.8) is 0 Å². The van der Waals surface area contributed by atoms with Crippen LogP contribution in [0.5, 0.6) is 0 Å². The van der Waals surface area contributed by atoms with Crippen molar-refractivity contribution in [1.82, 2.24) is 4.98 Å². The van der Waals surface area contributed by atoms with Gasteiger partial charge in [-0.15, -0.1) is 0 Å². The van der Waals surface area contributed by atoms with Gasteiger partial charge in [-0.3, -0.25) is 4.98 Å². The monoisotopic (exact) mass is 181 g/mol. The Kier molecular flexibility index (Phi) is 1.48. The van der Waals surface area contributed by atoms with Crippen LogP contribution in [0.15, 0.2) is 36.7 Å². The Morgan fingerprint density at radius 1 is 1.07 bits per heavy atom. The maximum atomic E-state index is 4.24. The number of nitrogens with zero attached hydrogens (tertiary/aromatic N) is 1. The van der Waals surface area contributed by atoms with Crippen molar-refractivity contribution in [3.8, 4) is 11.1 Å². The summed E-state index contributed by atoms with van der Waals surface area (Å²) in [5.41, 5.74) is 6.87. The van der Waals surface area contributed by atoms with Crippen LogP contribution in [0.4, 0.5) is 0 Å². The van der Waals surface area contributed by atoms with Gasteiger partial charge in [0.2, 0.25) is 0 Å². The van der Waals surface area contributed by atoms with Gasteiger partial charge in [-0.05, 0) is 34.7 Å². The fraction of sp³-hybridized carbons (Fsp3) is 0.154. The minimum atomic E-state index is 1.04. The van der Waals surface area contributed by atoms with Crippen molar-refractivity contribution >= 4 is 0 Å². The molecule has 68 valence electrons. The minimum Gasteiger partial charge on any atom is -0.264 e. The summed E-state index contributed by atoms with van der Waals surface area (Å²) >= 11 is 0. The molecule has 0 amide bonds. The van der Waals surface area contributed by atoms with Gasteiger partial charge in [-0.25, -0.2) is 0 Å². The average Bonchev–Trinajstić information content (AvgIpc) is 2.57. The van der Waals surface area contributed by atoms with Gasteiger partial charge >= 0.3 is 0 Å². The Morgan fingerprint density at radius 2 is 1.93 bits per heavy atom. The van der Waals surface area contributed by atoms with Gasteiger partial charge in [0.15, 0.2) is 0 Å². The van der Waals surface area contributed by atoms with E-state index < -0.39 is 0 Å². The molecule has 1 aromatic carbocycles. The highest BCUT2D eigenvalue weighted by Gasteiger charge is 2.19. The number of fused-ring (bicyclic) bond motifs is 3. The second kappa shape index (κ2) is 2.68. The first kappa shape index (κ1) is 7.74. The maximum absolute atomic E-state index is 4.24. The predicted molar refractivity (Wildman–Crippen MR) is 57.2 cm³/mol. The summed E-state index contributed by atoms with van der Waals surface area (Å²) in [4.78, 5) is 4.24. The molecule has 1 aromatic heterocycles. The molecule has 0 atom stereocenters. The van der Waals surface area contributed by atoms with Crippen LogP contribution in [0.3, 0.4) is 0 Å². The van der Waals surface area contributed by atoms with Gasteiger partial charge in [0.25, 0.3) is 0 Å². The van der Waals surface area contributed by atoms with E-state index in [2.05, 4.69) is 36.2 Å². The van der Waals surface area contributed by atoms with E-state index in [0.717, 1.165) is 6.42 Å². The zero-order valence-electron chi connectivity index (χ0n) is 8.12. The van der Waals surface area contributed by atoms with Crippen molar-refractivity contribution in [2.45, 2.75) is 13.3 Å². The Balaban J connectivity index is 2.35. The van der Waals surface area contributed by atoms with E-state index in [4.69, 9.17) is 0 Å².